The molecule has 2 amide bonds. The van der Waals surface area contributed by atoms with E-state index < -0.39 is 40.9 Å². The lowest BCUT2D eigenvalue weighted by Gasteiger charge is -2.42. The molecule has 1 aromatic carbocycles. The maximum absolute atomic E-state index is 14.2. The number of carbonyl (C=O) groups excluding carboxylic acids is 2. The number of piperidine rings is 1. The standard InChI is InChI=1S/C27H33F3N4O3/c1-15(16-5-4-6-16)31-26(35)19-14-34(18-7-2-3-8-18)10-9-22(19)32-27(36)23-13-24(37-33-23)25-20(29)11-17(28)12-21(25)30/h11-13,15-16,18-19,22H,2-10,14H2,1H3,(H,31,35)(H,32,36)/t15-,19-,22-/m1/s1. The van der Waals surface area contributed by atoms with Gasteiger partial charge < -0.3 is 15.2 Å². The van der Waals surface area contributed by atoms with Gasteiger partial charge in [-0.05, 0) is 44.9 Å². The van der Waals surface area contributed by atoms with Crippen molar-refractivity contribution in [3.05, 3.63) is 41.3 Å². The average Bonchev–Trinajstić information content (AvgIpc) is 3.50. The van der Waals surface area contributed by atoms with Crippen LogP contribution in [0.5, 0.6) is 0 Å². The molecule has 10 heteroatoms. The molecule has 2 aromatic rings. The van der Waals surface area contributed by atoms with E-state index in [1.807, 2.05) is 6.92 Å². The molecule has 1 saturated heterocycles. The first-order valence-corrected chi connectivity index (χ1v) is 13.3. The van der Waals surface area contributed by atoms with Crippen LogP contribution in [0.1, 0.15) is 68.8 Å². The van der Waals surface area contributed by atoms with E-state index in [1.54, 1.807) is 0 Å². The van der Waals surface area contributed by atoms with Crippen LogP contribution >= 0.6 is 0 Å². The highest BCUT2D eigenvalue weighted by molar-refractivity contribution is 5.94. The van der Waals surface area contributed by atoms with Gasteiger partial charge in [-0.2, -0.15) is 0 Å². The zero-order valence-electron chi connectivity index (χ0n) is 20.9. The van der Waals surface area contributed by atoms with Crippen LogP contribution in [0.3, 0.4) is 0 Å². The third-order valence-corrected chi connectivity index (χ3v) is 8.36. The Morgan fingerprint density at radius 3 is 2.38 bits per heavy atom. The van der Waals surface area contributed by atoms with Crippen molar-refractivity contribution in [3.8, 4) is 11.3 Å². The van der Waals surface area contributed by atoms with Crippen LogP contribution < -0.4 is 10.6 Å². The summed E-state index contributed by atoms with van der Waals surface area (Å²) in [6, 6.07) is 2.32. The van der Waals surface area contributed by atoms with E-state index in [1.165, 1.54) is 19.3 Å². The Bertz CT molecular complexity index is 1120. The van der Waals surface area contributed by atoms with Crippen LogP contribution in [0.15, 0.2) is 22.7 Å². The van der Waals surface area contributed by atoms with Gasteiger partial charge in [0.15, 0.2) is 11.5 Å². The highest BCUT2D eigenvalue weighted by Crippen LogP contribution is 2.32. The number of nitrogens with zero attached hydrogens (tertiary/aromatic N) is 2. The summed E-state index contributed by atoms with van der Waals surface area (Å²) < 4.78 is 46.6. The van der Waals surface area contributed by atoms with Gasteiger partial charge in [0.1, 0.15) is 17.5 Å². The minimum absolute atomic E-state index is 0.0660. The molecule has 0 bridgehead atoms. The highest BCUT2D eigenvalue weighted by atomic mass is 19.1. The number of amides is 2. The van der Waals surface area contributed by atoms with Gasteiger partial charge >= 0.3 is 0 Å². The molecular formula is C27H33F3N4O3. The molecule has 5 rings (SSSR count). The maximum atomic E-state index is 14.2. The summed E-state index contributed by atoms with van der Waals surface area (Å²) in [5.74, 6) is -4.29. The normalized spacial score (nSPS) is 24.0. The van der Waals surface area contributed by atoms with E-state index >= 15 is 0 Å². The first kappa shape index (κ1) is 25.8. The van der Waals surface area contributed by atoms with E-state index in [0.717, 1.165) is 38.3 Å². The number of benzene rings is 1. The van der Waals surface area contributed by atoms with Crippen LogP contribution in [0.2, 0.25) is 0 Å². The fraction of sp³-hybridized carbons (Fsp3) is 0.593. The number of aromatic nitrogens is 1. The highest BCUT2D eigenvalue weighted by Gasteiger charge is 2.39. The SMILES string of the molecule is C[C@@H](NC(=O)[C@@H]1CN(C2CCCC2)CC[C@H]1NC(=O)c1cc(-c2c(F)cc(F)cc2F)on1)C1CCC1. The van der Waals surface area contributed by atoms with Crippen molar-refractivity contribution in [1.29, 1.82) is 0 Å². The predicted octanol–water partition coefficient (Wildman–Crippen LogP) is 4.43. The van der Waals surface area contributed by atoms with Crippen LogP contribution in [0.4, 0.5) is 13.2 Å². The molecule has 0 spiro atoms. The third-order valence-electron chi connectivity index (χ3n) is 8.36. The van der Waals surface area contributed by atoms with Gasteiger partial charge in [-0.1, -0.05) is 24.4 Å². The molecule has 3 fully saturated rings. The Labute approximate surface area is 214 Å². The number of carbonyl (C=O) groups is 2. The van der Waals surface area contributed by atoms with Crippen molar-refractivity contribution >= 4 is 11.8 Å². The summed E-state index contributed by atoms with van der Waals surface area (Å²) in [5, 5.41) is 9.77. The van der Waals surface area contributed by atoms with Gasteiger partial charge in [0, 0.05) is 49.4 Å². The number of hydrogen-bond acceptors (Lipinski definition) is 5. The van der Waals surface area contributed by atoms with E-state index in [2.05, 4.69) is 20.7 Å². The lowest BCUT2D eigenvalue weighted by Crippen LogP contribution is -2.58. The van der Waals surface area contributed by atoms with E-state index in [-0.39, 0.29) is 23.4 Å². The summed E-state index contributed by atoms with van der Waals surface area (Å²) in [5.41, 5.74) is -0.765. The Hall–Kier alpha value is -2.88. The first-order valence-electron chi connectivity index (χ1n) is 13.3. The van der Waals surface area contributed by atoms with Crippen LogP contribution in [0.25, 0.3) is 11.3 Å². The second kappa shape index (κ2) is 10.8. The van der Waals surface area contributed by atoms with Crippen molar-refractivity contribution < 1.29 is 27.3 Å². The molecule has 2 aliphatic carbocycles. The van der Waals surface area contributed by atoms with Gasteiger partial charge in [0.05, 0.1) is 11.5 Å². The van der Waals surface area contributed by atoms with E-state index in [9.17, 15) is 22.8 Å². The number of rotatable bonds is 7. The molecule has 1 aromatic heterocycles. The molecule has 3 atom stereocenters. The summed E-state index contributed by atoms with van der Waals surface area (Å²) >= 11 is 0. The van der Waals surface area contributed by atoms with Gasteiger partial charge in [0.2, 0.25) is 5.91 Å². The molecule has 2 saturated carbocycles. The van der Waals surface area contributed by atoms with E-state index in [4.69, 9.17) is 4.52 Å². The van der Waals surface area contributed by atoms with Crippen molar-refractivity contribution in [1.82, 2.24) is 20.7 Å². The summed E-state index contributed by atoms with van der Waals surface area (Å²) in [4.78, 5) is 28.8. The number of nitrogens with one attached hydrogen (secondary N) is 2. The van der Waals surface area contributed by atoms with Crippen LogP contribution in [-0.2, 0) is 4.79 Å². The van der Waals surface area contributed by atoms with Gasteiger partial charge in [-0.25, -0.2) is 13.2 Å². The maximum Gasteiger partial charge on any atom is 0.273 e. The zero-order valence-corrected chi connectivity index (χ0v) is 20.9. The summed E-state index contributed by atoms with van der Waals surface area (Å²) in [6.07, 6.45) is 8.66. The number of likely N-dealkylation sites (tertiary alicyclic amines) is 1. The molecule has 1 aliphatic heterocycles. The quantitative estimate of drug-likeness (QED) is 0.567. The smallest absolute Gasteiger partial charge is 0.273 e. The fourth-order valence-corrected chi connectivity index (χ4v) is 5.93. The Morgan fingerprint density at radius 2 is 1.73 bits per heavy atom. The second-order valence-corrected chi connectivity index (χ2v) is 10.7. The van der Waals surface area contributed by atoms with Gasteiger partial charge in [0.25, 0.3) is 5.91 Å². The molecule has 37 heavy (non-hydrogen) atoms. The second-order valence-electron chi connectivity index (χ2n) is 10.7. The Balaban J connectivity index is 1.30. The fourth-order valence-electron chi connectivity index (χ4n) is 5.93. The molecule has 0 radical (unpaired) electrons. The molecular weight excluding hydrogens is 485 g/mol. The molecule has 2 N–H and O–H groups in total. The lowest BCUT2D eigenvalue weighted by atomic mass is 9.80. The minimum atomic E-state index is -1.16. The minimum Gasteiger partial charge on any atom is -0.355 e. The topological polar surface area (TPSA) is 87.5 Å². The van der Waals surface area contributed by atoms with Crippen LogP contribution in [0, 0.1) is 29.3 Å². The zero-order chi connectivity index (χ0) is 26.1. The Morgan fingerprint density at radius 1 is 1.03 bits per heavy atom. The molecule has 7 nitrogen and oxygen atoms in total. The van der Waals surface area contributed by atoms with Crippen LogP contribution in [-0.4, -0.2) is 53.1 Å². The lowest BCUT2D eigenvalue weighted by molar-refractivity contribution is -0.129. The largest absolute Gasteiger partial charge is 0.355 e. The molecule has 2 heterocycles. The van der Waals surface area contributed by atoms with Crippen molar-refractivity contribution in [2.75, 3.05) is 13.1 Å². The van der Waals surface area contributed by atoms with Crippen molar-refractivity contribution in [2.45, 2.75) is 76.4 Å². The van der Waals surface area contributed by atoms with Crippen molar-refractivity contribution in [2.24, 2.45) is 11.8 Å². The third kappa shape index (κ3) is 5.54. The number of hydrogen-bond donors (Lipinski definition) is 2. The molecule has 0 unspecified atom stereocenters. The van der Waals surface area contributed by atoms with E-state index in [0.29, 0.717) is 37.1 Å². The molecule has 3 aliphatic rings. The number of halogens is 3. The monoisotopic (exact) mass is 518 g/mol. The summed E-state index contributed by atoms with van der Waals surface area (Å²) in [6.45, 7) is 3.38. The van der Waals surface area contributed by atoms with Crippen molar-refractivity contribution in [3.63, 3.8) is 0 Å². The predicted molar refractivity (Wildman–Crippen MR) is 130 cm³/mol. The Kier molecular flexibility index (Phi) is 7.55. The summed E-state index contributed by atoms with van der Waals surface area (Å²) in [7, 11) is 0. The molecule has 200 valence electrons. The first-order chi connectivity index (χ1) is 17.8. The van der Waals surface area contributed by atoms with Gasteiger partial charge in [-0.3, -0.25) is 14.5 Å². The average molecular weight is 519 g/mol. The van der Waals surface area contributed by atoms with Gasteiger partial charge in [-0.15, -0.1) is 0 Å².